The zero-order chi connectivity index (χ0) is 28.6. The molecule has 2 fully saturated rings. The van der Waals surface area contributed by atoms with Crippen molar-refractivity contribution < 1.29 is 19.1 Å². The van der Waals surface area contributed by atoms with Gasteiger partial charge < -0.3 is 35.2 Å². The van der Waals surface area contributed by atoms with E-state index in [4.69, 9.17) is 14.7 Å². The molecule has 2 heterocycles. The van der Waals surface area contributed by atoms with Crippen molar-refractivity contribution in [2.45, 2.75) is 18.9 Å². The van der Waals surface area contributed by atoms with E-state index >= 15 is 0 Å². The molecule has 0 aliphatic carbocycles. The average molecular weight is 555 g/mol. The van der Waals surface area contributed by atoms with Crippen molar-refractivity contribution in [1.29, 1.82) is 5.26 Å². The fourth-order valence-corrected chi connectivity index (χ4v) is 5.22. The fourth-order valence-electron chi connectivity index (χ4n) is 5.22. The van der Waals surface area contributed by atoms with Gasteiger partial charge in [-0.05, 0) is 61.4 Å². The first-order chi connectivity index (χ1) is 20.0. The molecular weight excluding hydrogens is 520 g/mol. The van der Waals surface area contributed by atoms with Gasteiger partial charge in [0.25, 0.3) is 5.91 Å². The van der Waals surface area contributed by atoms with Crippen molar-refractivity contribution in [2.75, 3.05) is 66.9 Å². The maximum Gasteiger partial charge on any atom is 0.323 e. The summed E-state index contributed by atoms with van der Waals surface area (Å²) in [5, 5.41) is 17.7. The average Bonchev–Trinajstić information content (AvgIpc) is 3.54. The zero-order valence-corrected chi connectivity index (χ0v) is 23.1. The smallest absolute Gasteiger partial charge is 0.323 e. The first-order valence-electron chi connectivity index (χ1n) is 13.8. The Bertz CT molecular complexity index is 1420. The molecule has 3 aromatic rings. The van der Waals surface area contributed by atoms with E-state index in [9.17, 15) is 9.59 Å². The number of para-hydroxylation sites is 2. The van der Waals surface area contributed by atoms with Crippen molar-refractivity contribution in [1.82, 2.24) is 5.32 Å². The summed E-state index contributed by atoms with van der Waals surface area (Å²) in [5.74, 6) is 0.622. The van der Waals surface area contributed by atoms with Crippen LogP contribution in [0.3, 0.4) is 0 Å². The minimum atomic E-state index is -0.469. The van der Waals surface area contributed by atoms with E-state index in [1.54, 1.807) is 43.5 Å². The number of hydrogen-bond acceptors (Lipinski definition) is 7. The van der Waals surface area contributed by atoms with Crippen LogP contribution in [0, 0.1) is 11.3 Å². The normalized spacial score (nSPS) is 16.5. The van der Waals surface area contributed by atoms with Gasteiger partial charge in [-0.3, -0.25) is 4.79 Å². The highest BCUT2D eigenvalue weighted by molar-refractivity contribution is 6.04. The van der Waals surface area contributed by atoms with Gasteiger partial charge in [0.2, 0.25) is 0 Å². The van der Waals surface area contributed by atoms with Gasteiger partial charge >= 0.3 is 6.03 Å². The maximum atomic E-state index is 13.5. The Balaban J connectivity index is 1.31. The number of piperazine rings is 1. The van der Waals surface area contributed by atoms with E-state index in [1.807, 2.05) is 24.3 Å². The van der Waals surface area contributed by atoms with Crippen LogP contribution in [0.15, 0.2) is 66.7 Å². The second kappa shape index (κ2) is 13.1. The van der Waals surface area contributed by atoms with Crippen LogP contribution in [-0.4, -0.2) is 64.5 Å². The van der Waals surface area contributed by atoms with E-state index in [-0.39, 0.29) is 12.0 Å². The predicted octanol–water partition coefficient (Wildman–Crippen LogP) is 4.45. The van der Waals surface area contributed by atoms with Crippen molar-refractivity contribution >= 4 is 34.7 Å². The van der Waals surface area contributed by atoms with Crippen molar-refractivity contribution in [3.63, 3.8) is 0 Å². The van der Waals surface area contributed by atoms with Gasteiger partial charge in [-0.15, -0.1) is 0 Å². The molecule has 0 radical (unpaired) electrons. The summed E-state index contributed by atoms with van der Waals surface area (Å²) < 4.78 is 11.2. The first kappa shape index (κ1) is 27.8. The van der Waals surface area contributed by atoms with Crippen LogP contribution in [0.1, 0.15) is 28.8 Å². The number of hydrogen-bond donors (Lipinski definition) is 3. The molecule has 0 bridgehead atoms. The van der Waals surface area contributed by atoms with Gasteiger partial charge in [0.15, 0.2) is 0 Å². The standard InChI is InChI=1S/C31H34N6O4/c1-40-29-10-3-2-9-28(29)37-15-13-36(14-16-37)27-12-11-24(19-26(27)30(38)33-21-25-8-5-17-41-25)35-31(39)34-23-7-4-6-22(18-23)20-32/h2-4,6-7,9-12,18-19,25H,5,8,13-17,21H2,1H3,(H,33,38)(H2,34,35,39). The number of ether oxygens (including phenoxy) is 2. The van der Waals surface area contributed by atoms with E-state index in [0.29, 0.717) is 48.7 Å². The van der Waals surface area contributed by atoms with Crippen LogP contribution in [0.4, 0.5) is 27.5 Å². The molecule has 3 N–H and O–H groups in total. The number of anilines is 4. The third kappa shape index (κ3) is 6.88. The van der Waals surface area contributed by atoms with Crippen LogP contribution < -0.4 is 30.5 Å². The minimum absolute atomic E-state index is 0.0167. The highest BCUT2D eigenvalue weighted by atomic mass is 16.5. The molecule has 3 aromatic carbocycles. The largest absolute Gasteiger partial charge is 0.495 e. The van der Waals surface area contributed by atoms with Crippen LogP contribution >= 0.6 is 0 Å². The number of nitrogens with zero attached hydrogens (tertiary/aromatic N) is 3. The Morgan fingerprint density at radius 2 is 1.68 bits per heavy atom. The summed E-state index contributed by atoms with van der Waals surface area (Å²) in [6, 6.07) is 21.6. The van der Waals surface area contributed by atoms with Crippen molar-refractivity contribution in [3.05, 3.63) is 77.9 Å². The molecule has 1 unspecified atom stereocenters. The second-order valence-electron chi connectivity index (χ2n) is 9.99. The summed E-state index contributed by atoms with van der Waals surface area (Å²) in [5.41, 5.74) is 3.77. The number of benzene rings is 3. The molecule has 0 spiro atoms. The molecule has 1 atom stereocenters. The summed E-state index contributed by atoms with van der Waals surface area (Å²) in [6.07, 6.45) is 1.93. The first-order valence-corrected chi connectivity index (χ1v) is 13.8. The fraction of sp³-hybridized carbons (Fsp3) is 0.323. The molecule has 10 nitrogen and oxygen atoms in total. The highest BCUT2D eigenvalue weighted by Crippen LogP contribution is 2.31. The van der Waals surface area contributed by atoms with Gasteiger partial charge in [-0.25, -0.2) is 4.79 Å². The number of urea groups is 1. The summed E-state index contributed by atoms with van der Waals surface area (Å²) >= 11 is 0. The third-order valence-electron chi connectivity index (χ3n) is 7.31. The maximum absolute atomic E-state index is 13.5. The summed E-state index contributed by atoms with van der Waals surface area (Å²) in [7, 11) is 1.68. The number of methoxy groups -OCH3 is 1. The Morgan fingerprint density at radius 3 is 2.39 bits per heavy atom. The molecule has 0 aromatic heterocycles. The van der Waals surface area contributed by atoms with Gasteiger partial charge in [0.05, 0.1) is 36.1 Å². The van der Waals surface area contributed by atoms with Gasteiger partial charge in [0.1, 0.15) is 5.75 Å². The topological polar surface area (TPSA) is 119 Å². The Labute approximate surface area is 239 Å². The van der Waals surface area contributed by atoms with Gasteiger partial charge in [-0.2, -0.15) is 5.26 Å². The molecule has 41 heavy (non-hydrogen) atoms. The number of carbonyl (C=O) groups is 2. The molecule has 2 aliphatic rings. The molecule has 0 saturated carbocycles. The van der Waals surface area contributed by atoms with E-state index in [2.05, 4.69) is 37.9 Å². The molecule has 3 amide bonds. The molecule has 5 rings (SSSR count). The van der Waals surface area contributed by atoms with E-state index in [1.165, 1.54) is 0 Å². The SMILES string of the molecule is COc1ccccc1N1CCN(c2ccc(NC(=O)Nc3cccc(C#N)c3)cc2C(=O)NCC2CCCO2)CC1. The van der Waals surface area contributed by atoms with Gasteiger partial charge in [0, 0.05) is 56.4 Å². The number of amides is 3. The predicted molar refractivity (Wildman–Crippen MR) is 159 cm³/mol. The molecule has 10 heteroatoms. The lowest BCUT2D eigenvalue weighted by Gasteiger charge is -2.38. The highest BCUT2D eigenvalue weighted by Gasteiger charge is 2.25. The lowest BCUT2D eigenvalue weighted by molar-refractivity contribution is 0.0858. The third-order valence-corrected chi connectivity index (χ3v) is 7.31. The molecule has 212 valence electrons. The number of rotatable bonds is 8. The monoisotopic (exact) mass is 554 g/mol. The Kier molecular flexibility index (Phi) is 8.86. The molecule has 2 aliphatic heterocycles. The van der Waals surface area contributed by atoms with E-state index < -0.39 is 6.03 Å². The van der Waals surface area contributed by atoms with Crippen LogP contribution in [0.5, 0.6) is 5.75 Å². The van der Waals surface area contributed by atoms with Crippen molar-refractivity contribution in [2.24, 2.45) is 0 Å². The van der Waals surface area contributed by atoms with Crippen molar-refractivity contribution in [3.8, 4) is 11.8 Å². The Hall–Kier alpha value is -4.75. The van der Waals surface area contributed by atoms with Crippen LogP contribution in [-0.2, 0) is 4.74 Å². The van der Waals surface area contributed by atoms with Gasteiger partial charge in [-0.1, -0.05) is 18.2 Å². The quantitative estimate of drug-likeness (QED) is 0.377. The molecule has 2 saturated heterocycles. The number of carbonyl (C=O) groups excluding carboxylic acids is 2. The minimum Gasteiger partial charge on any atom is -0.495 e. The van der Waals surface area contributed by atoms with Crippen LogP contribution in [0.25, 0.3) is 0 Å². The lowest BCUT2D eigenvalue weighted by Crippen LogP contribution is -2.47. The second-order valence-corrected chi connectivity index (χ2v) is 9.99. The number of nitrogens with one attached hydrogen (secondary N) is 3. The zero-order valence-electron chi connectivity index (χ0n) is 23.1. The van der Waals surface area contributed by atoms with Crippen LogP contribution in [0.2, 0.25) is 0 Å². The molecular formula is C31H34N6O4. The summed E-state index contributed by atoms with van der Waals surface area (Å²) in [6.45, 7) is 4.11. The van der Waals surface area contributed by atoms with E-state index in [0.717, 1.165) is 43.1 Å². The Morgan fingerprint density at radius 1 is 0.951 bits per heavy atom. The number of nitriles is 1. The lowest BCUT2D eigenvalue weighted by atomic mass is 10.1. The summed E-state index contributed by atoms with van der Waals surface area (Å²) in [4.78, 5) is 30.7.